The molecule has 0 bridgehead atoms. The van der Waals surface area contributed by atoms with Crippen LogP contribution in [0.15, 0.2) is 0 Å². The maximum atomic E-state index is 12.2. The number of hydrogen-bond acceptors (Lipinski definition) is 3. The molecule has 1 aliphatic rings. The van der Waals surface area contributed by atoms with Crippen LogP contribution in [0.4, 0.5) is 0 Å². The van der Waals surface area contributed by atoms with Crippen LogP contribution in [-0.2, 0) is 10.0 Å². The topological polar surface area (TPSA) is 49.4 Å². The second-order valence-corrected chi connectivity index (χ2v) is 7.19. The van der Waals surface area contributed by atoms with Gasteiger partial charge in [0.1, 0.15) is 0 Å². The molecule has 1 heterocycles. The molecule has 4 nitrogen and oxygen atoms in total. The van der Waals surface area contributed by atoms with Crippen LogP contribution in [0.25, 0.3) is 0 Å². The van der Waals surface area contributed by atoms with Crippen molar-refractivity contribution in [3.63, 3.8) is 0 Å². The third kappa shape index (κ3) is 3.18. The maximum absolute atomic E-state index is 12.2. The molecule has 1 unspecified atom stereocenters. The SMILES string of the molecule is CNCCC1CCCCN1S(=O)(=O)C(C)C. The fourth-order valence-corrected chi connectivity index (χ4v) is 3.73. The van der Waals surface area contributed by atoms with Gasteiger partial charge in [-0.1, -0.05) is 6.42 Å². The fraction of sp³-hybridized carbons (Fsp3) is 1.00. The van der Waals surface area contributed by atoms with Crippen molar-refractivity contribution in [1.29, 1.82) is 0 Å². The van der Waals surface area contributed by atoms with Crippen LogP contribution in [0.2, 0.25) is 0 Å². The van der Waals surface area contributed by atoms with E-state index in [1.54, 1.807) is 18.2 Å². The highest BCUT2D eigenvalue weighted by atomic mass is 32.2. The van der Waals surface area contributed by atoms with E-state index in [9.17, 15) is 8.42 Å². The molecular weight excluding hydrogens is 224 g/mol. The summed E-state index contributed by atoms with van der Waals surface area (Å²) < 4.78 is 26.1. The zero-order valence-electron chi connectivity index (χ0n) is 10.6. The largest absolute Gasteiger partial charge is 0.320 e. The van der Waals surface area contributed by atoms with Gasteiger partial charge in [0.15, 0.2) is 0 Å². The molecule has 96 valence electrons. The van der Waals surface area contributed by atoms with Crippen molar-refractivity contribution >= 4 is 10.0 Å². The number of hydrogen-bond donors (Lipinski definition) is 1. The third-order valence-corrected chi connectivity index (χ3v) is 5.55. The number of nitrogens with zero attached hydrogens (tertiary/aromatic N) is 1. The second kappa shape index (κ2) is 5.98. The Bertz CT molecular complexity index is 301. The Morgan fingerprint density at radius 2 is 2.06 bits per heavy atom. The first kappa shape index (κ1) is 13.9. The summed E-state index contributed by atoms with van der Waals surface area (Å²) in [7, 11) is -1.17. The fourth-order valence-electron chi connectivity index (χ4n) is 2.18. The zero-order valence-corrected chi connectivity index (χ0v) is 11.4. The molecule has 5 heteroatoms. The molecule has 1 fully saturated rings. The van der Waals surface area contributed by atoms with Gasteiger partial charge >= 0.3 is 0 Å². The van der Waals surface area contributed by atoms with Crippen LogP contribution >= 0.6 is 0 Å². The number of rotatable bonds is 5. The predicted octanol–water partition coefficient (Wildman–Crippen LogP) is 1.19. The minimum absolute atomic E-state index is 0.202. The quantitative estimate of drug-likeness (QED) is 0.795. The summed E-state index contributed by atoms with van der Waals surface area (Å²) in [5, 5.41) is 2.79. The smallest absolute Gasteiger partial charge is 0.216 e. The van der Waals surface area contributed by atoms with Gasteiger partial charge in [-0.05, 0) is 46.7 Å². The normalized spacial score (nSPS) is 23.9. The summed E-state index contributed by atoms with van der Waals surface area (Å²) in [5.74, 6) is 0. The molecule has 0 aliphatic carbocycles. The Morgan fingerprint density at radius 3 is 2.62 bits per heavy atom. The maximum Gasteiger partial charge on any atom is 0.216 e. The van der Waals surface area contributed by atoms with Crippen LogP contribution < -0.4 is 5.32 Å². The summed E-state index contributed by atoms with van der Waals surface area (Å²) in [6, 6.07) is 0.202. The van der Waals surface area contributed by atoms with Crippen molar-refractivity contribution in [2.75, 3.05) is 20.1 Å². The molecule has 1 aliphatic heterocycles. The van der Waals surface area contributed by atoms with Crippen LogP contribution in [0, 0.1) is 0 Å². The molecule has 0 aromatic heterocycles. The summed E-state index contributed by atoms with van der Waals surface area (Å²) in [4.78, 5) is 0. The number of nitrogens with one attached hydrogen (secondary N) is 1. The van der Waals surface area contributed by atoms with E-state index in [4.69, 9.17) is 0 Å². The van der Waals surface area contributed by atoms with Crippen molar-refractivity contribution in [3.05, 3.63) is 0 Å². The van der Waals surface area contributed by atoms with E-state index in [0.717, 1.165) is 32.2 Å². The van der Waals surface area contributed by atoms with Crippen molar-refractivity contribution in [3.8, 4) is 0 Å². The van der Waals surface area contributed by atoms with Gasteiger partial charge in [-0.15, -0.1) is 0 Å². The van der Waals surface area contributed by atoms with Gasteiger partial charge in [0, 0.05) is 12.6 Å². The first-order valence-electron chi connectivity index (χ1n) is 6.15. The molecule has 16 heavy (non-hydrogen) atoms. The summed E-state index contributed by atoms with van der Waals surface area (Å²) in [6.07, 6.45) is 4.08. The molecule has 1 atom stereocenters. The average Bonchev–Trinajstić information content (AvgIpc) is 2.26. The molecule has 1 N–H and O–H groups in total. The van der Waals surface area contributed by atoms with Crippen molar-refractivity contribution < 1.29 is 8.42 Å². The molecular formula is C11H24N2O2S. The van der Waals surface area contributed by atoms with Gasteiger partial charge < -0.3 is 5.32 Å². The average molecular weight is 248 g/mol. The molecule has 0 amide bonds. The van der Waals surface area contributed by atoms with Gasteiger partial charge in [0.25, 0.3) is 0 Å². The lowest BCUT2D eigenvalue weighted by molar-refractivity contribution is 0.239. The van der Waals surface area contributed by atoms with Gasteiger partial charge in [0.2, 0.25) is 10.0 Å². The highest BCUT2D eigenvalue weighted by Gasteiger charge is 2.33. The predicted molar refractivity (Wildman–Crippen MR) is 66.9 cm³/mol. The van der Waals surface area contributed by atoms with Crippen LogP contribution in [0.5, 0.6) is 0 Å². The van der Waals surface area contributed by atoms with Gasteiger partial charge in [-0.2, -0.15) is 4.31 Å². The molecule has 1 rings (SSSR count). The van der Waals surface area contributed by atoms with Crippen molar-refractivity contribution in [2.45, 2.75) is 50.8 Å². The van der Waals surface area contributed by atoms with E-state index in [1.807, 2.05) is 7.05 Å². The van der Waals surface area contributed by atoms with E-state index >= 15 is 0 Å². The lowest BCUT2D eigenvalue weighted by atomic mass is 10.0. The third-order valence-electron chi connectivity index (χ3n) is 3.22. The number of piperidine rings is 1. The molecule has 1 saturated heterocycles. The number of sulfonamides is 1. The highest BCUT2D eigenvalue weighted by Crippen LogP contribution is 2.24. The molecule has 0 aromatic rings. The summed E-state index contributed by atoms with van der Waals surface area (Å²) in [6.45, 7) is 5.11. The molecule has 0 radical (unpaired) electrons. The standard InChI is InChI=1S/C11H24N2O2S/c1-10(2)16(14,15)13-9-5-4-6-11(13)7-8-12-3/h10-12H,4-9H2,1-3H3. The molecule has 0 saturated carbocycles. The van der Waals surface area contributed by atoms with E-state index in [2.05, 4.69) is 5.32 Å². The lowest BCUT2D eigenvalue weighted by Gasteiger charge is -2.36. The minimum Gasteiger partial charge on any atom is -0.320 e. The Balaban J connectivity index is 2.74. The minimum atomic E-state index is -3.07. The summed E-state index contributed by atoms with van der Waals surface area (Å²) >= 11 is 0. The van der Waals surface area contributed by atoms with Gasteiger partial charge in [0.05, 0.1) is 5.25 Å². The Morgan fingerprint density at radius 1 is 1.38 bits per heavy atom. The zero-order chi connectivity index (χ0) is 12.2. The first-order chi connectivity index (χ1) is 7.50. The Kier molecular flexibility index (Phi) is 5.21. The molecule has 0 spiro atoms. The van der Waals surface area contributed by atoms with E-state index < -0.39 is 10.0 Å². The monoisotopic (exact) mass is 248 g/mol. The van der Waals surface area contributed by atoms with E-state index in [1.165, 1.54) is 0 Å². The van der Waals surface area contributed by atoms with Gasteiger partial charge in [-0.25, -0.2) is 8.42 Å². The Labute approximate surface area is 99.5 Å². The van der Waals surface area contributed by atoms with Crippen molar-refractivity contribution in [1.82, 2.24) is 9.62 Å². The highest BCUT2D eigenvalue weighted by molar-refractivity contribution is 7.89. The summed E-state index contributed by atoms with van der Waals surface area (Å²) in [5.41, 5.74) is 0. The van der Waals surface area contributed by atoms with Crippen molar-refractivity contribution in [2.24, 2.45) is 0 Å². The van der Waals surface area contributed by atoms with Crippen LogP contribution in [0.3, 0.4) is 0 Å². The van der Waals surface area contributed by atoms with Crippen LogP contribution in [-0.4, -0.2) is 44.2 Å². The lowest BCUT2D eigenvalue weighted by Crippen LogP contribution is -2.47. The van der Waals surface area contributed by atoms with E-state index in [-0.39, 0.29) is 11.3 Å². The second-order valence-electron chi connectivity index (χ2n) is 4.75. The van der Waals surface area contributed by atoms with Crippen LogP contribution in [0.1, 0.15) is 39.5 Å². The molecule has 0 aromatic carbocycles. The van der Waals surface area contributed by atoms with Gasteiger partial charge in [-0.3, -0.25) is 0 Å². The Hall–Kier alpha value is -0.130. The van der Waals surface area contributed by atoms with E-state index in [0.29, 0.717) is 6.54 Å². The first-order valence-corrected chi connectivity index (χ1v) is 7.65.